The Hall–Kier alpha value is -3.27. The van der Waals surface area contributed by atoms with Crippen LogP contribution in [0.25, 0.3) is 0 Å². The van der Waals surface area contributed by atoms with E-state index < -0.39 is 28.5 Å². The van der Waals surface area contributed by atoms with Crippen LogP contribution in [0.2, 0.25) is 10.0 Å². The van der Waals surface area contributed by atoms with Gasteiger partial charge in [0.05, 0.1) is 27.2 Å². The van der Waals surface area contributed by atoms with Gasteiger partial charge in [-0.05, 0) is 81.3 Å². The van der Waals surface area contributed by atoms with E-state index in [9.17, 15) is 18.0 Å². The molecular formula is C31H37Cl2N3O5S. The molecule has 3 rings (SSSR count). The van der Waals surface area contributed by atoms with Crippen molar-refractivity contribution in [3.8, 4) is 5.75 Å². The minimum Gasteiger partial charge on any atom is -0.494 e. The molecule has 226 valence electrons. The van der Waals surface area contributed by atoms with Crippen molar-refractivity contribution in [1.29, 1.82) is 0 Å². The van der Waals surface area contributed by atoms with Crippen LogP contribution in [0, 0.1) is 6.92 Å². The number of rotatable bonds is 14. The van der Waals surface area contributed by atoms with E-state index in [0.717, 1.165) is 22.7 Å². The molecule has 0 heterocycles. The number of amides is 2. The van der Waals surface area contributed by atoms with Gasteiger partial charge in [-0.3, -0.25) is 13.9 Å². The fourth-order valence-corrected chi connectivity index (χ4v) is 5.93. The maximum atomic E-state index is 14.0. The second-order valence-electron chi connectivity index (χ2n) is 9.84. The third kappa shape index (κ3) is 8.63. The molecule has 1 unspecified atom stereocenters. The van der Waals surface area contributed by atoms with Crippen LogP contribution in [-0.2, 0) is 26.2 Å². The van der Waals surface area contributed by atoms with Gasteiger partial charge in [0.25, 0.3) is 10.0 Å². The van der Waals surface area contributed by atoms with E-state index in [1.165, 1.54) is 17.0 Å². The molecule has 0 aliphatic heterocycles. The molecule has 1 atom stereocenters. The summed E-state index contributed by atoms with van der Waals surface area (Å²) in [6.07, 6.45) is 1.69. The molecule has 0 bridgehead atoms. The standard InChI is InChI=1S/C31H37Cl2N3O5S/c1-5-7-18-34-31(38)23(4)35(20-24-10-17-28(32)29(33)19-24)30(37)21-36(25-11-13-26(14-12-25)41-6-2)42(39,40)27-15-8-22(3)9-16-27/h8-17,19,23H,5-7,18,20-21H2,1-4H3,(H,34,38). The van der Waals surface area contributed by atoms with E-state index in [1.807, 2.05) is 20.8 Å². The molecule has 0 radical (unpaired) electrons. The van der Waals surface area contributed by atoms with E-state index in [4.69, 9.17) is 27.9 Å². The lowest BCUT2D eigenvalue weighted by molar-refractivity contribution is -0.139. The van der Waals surface area contributed by atoms with Gasteiger partial charge in [-0.15, -0.1) is 0 Å². The number of halogens is 2. The van der Waals surface area contributed by atoms with Crippen LogP contribution in [-0.4, -0.2) is 50.9 Å². The quantitative estimate of drug-likeness (QED) is 0.212. The minimum atomic E-state index is -4.17. The van der Waals surface area contributed by atoms with Gasteiger partial charge in [0, 0.05) is 13.1 Å². The maximum absolute atomic E-state index is 14.0. The van der Waals surface area contributed by atoms with Gasteiger partial charge in [0.15, 0.2) is 0 Å². The summed E-state index contributed by atoms with van der Waals surface area (Å²) < 4.78 is 34.5. The highest BCUT2D eigenvalue weighted by Crippen LogP contribution is 2.28. The number of nitrogens with one attached hydrogen (secondary N) is 1. The van der Waals surface area contributed by atoms with Gasteiger partial charge >= 0.3 is 0 Å². The van der Waals surface area contributed by atoms with Crippen LogP contribution >= 0.6 is 23.2 Å². The number of anilines is 1. The number of unbranched alkanes of at least 4 members (excludes halogenated alkanes) is 1. The van der Waals surface area contributed by atoms with Crippen LogP contribution in [0.4, 0.5) is 5.69 Å². The molecule has 8 nitrogen and oxygen atoms in total. The van der Waals surface area contributed by atoms with Gasteiger partial charge in [-0.2, -0.15) is 0 Å². The van der Waals surface area contributed by atoms with Crippen molar-refractivity contribution < 1.29 is 22.7 Å². The number of nitrogens with zero attached hydrogens (tertiary/aromatic N) is 2. The SMILES string of the molecule is CCCCNC(=O)C(C)N(Cc1ccc(Cl)c(Cl)c1)C(=O)CN(c1ccc(OCC)cc1)S(=O)(=O)c1ccc(C)cc1. The Morgan fingerprint density at radius 1 is 0.952 bits per heavy atom. The molecule has 3 aromatic carbocycles. The van der Waals surface area contributed by atoms with Gasteiger partial charge in [0.1, 0.15) is 18.3 Å². The molecule has 0 aromatic heterocycles. The number of benzene rings is 3. The summed E-state index contributed by atoms with van der Waals surface area (Å²) in [5, 5.41) is 3.52. The van der Waals surface area contributed by atoms with E-state index in [0.29, 0.717) is 34.5 Å². The van der Waals surface area contributed by atoms with E-state index in [1.54, 1.807) is 61.5 Å². The van der Waals surface area contributed by atoms with E-state index >= 15 is 0 Å². The molecule has 0 aliphatic rings. The molecular weight excluding hydrogens is 597 g/mol. The zero-order valence-electron chi connectivity index (χ0n) is 24.3. The highest BCUT2D eigenvalue weighted by Gasteiger charge is 2.32. The third-order valence-electron chi connectivity index (χ3n) is 6.66. The number of hydrogen-bond acceptors (Lipinski definition) is 5. The second kappa shape index (κ2) is 15.3. The molecule has 0 fully saturated rings. The third-order valence-corrected chi connectivity index (χ3v) is 9.18. The van der Waals surface area contributed by atoms with Crippen molar-refractivity contribution >= 4 is 50.7 Å². The van der Waals surface area contributed by atoms with Crippen LogP contribution < -0.4 is 14.4 Å². The average Bonchev–Trinajstić information content (AvgIpc) is 2.97. The molecule has 0 spiro atoms. The van der Waals surface area contributed by atoms with Gasteiger partial charge < -0.3 is 15.0 Å². The Balaban J connectivity index is 2.02. The number of aryl methyl sites for hydroxylation is 1. The fraction of sp³-hybridized carbons (Fsp3) is 0.355. The lowest BCUT2D eigenvalue weighted by atomic mass is 10.1. The molecule has 0 saturated heterocycles. The average molecular weight is 635 g/mol. The molecule has 11 heteroatoms. The summed E-state index contributed by atoms with van der Waals surface area (Å²) in [6.45, 7) is 7.73. The first kappa shape index (κ1) is 33.2. The van der Waals surface area contributed by atoms with E-state index in [-0.39, 0.29) is 23.0 Å². The molecule has 2 amide bonds. The van der Waals surface area contributed by atoms with Crippen molar-refractivity contribution in [2.45, 2.75) is 58.0 Å². The Morgan fingerprint density at radius 2 is 1.62 bits per heavy atom. The van der Waals surface area contributed by atoms with E-state index in [2.05, 4.69) is 5.32 Å². The molecule has 0 saturated carbocycles. The Labute approximate surface area is 258 Å². The molecule has 1 N–H and O–H groups in total. The maximum Gasteiger partial charge on any atom is 0.264 e. The van der Waals surface area contributed by atoms with Crippen LogP contribution in [0.1, 0.15) is 44.7 Å². The Kier molecular flexibility index (Phi) is 12.1. The summed E-state index contributed by atoms with van der Waals surface area (Å²) in [4.78, 5) is 28.5. The van der Waals surface area contributed by atoms with Crippen molar-refractivity contribution in [2.24, 2.45) is 0 Å². The Morgan fingerprint density at radius 3 is 2.21 bits per heavy atom. The fourth-order valence-electron chi connectivity index (χ4n) is 4.19. The highest BCUT2D eigenvalue weighted by molar-refractivity contribution is 7.92. The number of sulfonamides is 1. The van der Waals surface area contributed by atoms with Gasteiger partial charge in [-0.25, -0.2) is 8.42 Å². The summed E-state index contributed by atoms with van der Waals surface area (Å²) >= 11 is 12.3. The monoisotopic (exact) mass is 633 g/mol. The first-order chi connectivity index (χ1) is 20.0. The lowest BCUT2D eigenvalue weighted by Gasteiger charge is -2.32. The normalized spacial score (nSPS) is 12.0. The van der Waals surface area contributed by atoms with Crippen molar-refractivity contribution in [3.63, 3.8) is 0 Å². The van der Waals surface area contributed by atoms with Crippen LogP contribution in [0.5, 0.6) is 5.75 Å². The molecule has 0 aliphatic carbocycles. The van der Waals surface area contributed by atoms with Gasteiger partial charge in [-0.1, -0.05) is 60.3 Å². The predicted octanol–water partition coefficient (Wildman–Crippen LogP) is 6.23. The first-order valence-electron chi connectivity index (χ1n) is 13.8. The predicted molar refractivity (Wildman–Crippen MR) is 168 cm³/mol. The number of ether oxygens (including phenoxy) is 1. The summed E-state index contributed by atoms with van der Waals surface area (Å²) in [5.41, 5.74) is 1.82. The largest absolute Gasteiger partial charge is 0.494 e. The van der Waals surface area contributed by atoms with Crippen LogP contribution in [0.15, 0.2) is 71.6 Å². The summed E-state index contributed by atoms with van der Waals surface area (Å²) in [7, 11) is -4.17. The molecule has 42 heavy (non-hydrogen) atoms. The molecule has 3 aromatic rings. The van der Waals surface area contributed by atoms with Crippen LogP contribution in [0.3, 0.4) is 0 Å². The minimum absolute atomic E-state index is 0.0137. The first-order valence-corrected chi connectivity index (χ1v) is 16.0. The summed E-state index contributed by atoms with van der Waals surface area (Å²) in [5.74, 6) is -0.339. The topological polar surface area (TPSA) is 96.0 Å². The smallest absolute Gasteiger partial charge is 0.264 e. The van der Waals surface area contributed by atoms with Crippen molar-refractivity contribution in [3.05, 3.63) is 87.9 Å². The van der Waals surface area contributed by atoms with Crippen molar-refractivity contribution in [1.82, 2.24) is 10.2 Å². The number of carbonyl (C=O) groups excluding carboxylic acids is 2. The number of hydrogen-bond donors (Lipinski definition) is 1. The van der Waals surface area contributed by atoms with Crippen molar-refractivity contribution in [2.75, 3.05) is 24.0 Å². The zero-order valence-corrected chi connectivity index (χ0v) is 26.6. The number of carbonyl (C=O) groups is 2. The Bertz CT molecular complexity index is 1460. The summed E-state index contributed by atoms with van der Waals surface area (Å²) in [6, 6.07) is 17.0. The second-order valence-corrected chi connectivity index (χ2v) is 12.5. The van der Waals surface area contributed by atoms with Gasteiger partial charge in [0.2, 0.25) is 11.8 Å². The highest BCUT2D eigenvalue weighted by atomic mass is 35.5. The lowest BCUT2D eigenvalue weighted by Crippen LogP contribution is -2.51. The zero-order chi connectivity index (χ0) is 30.9.